The van der Waals surface area contributed by atoms with E-state index < -0.39 is 18.2 Å². The number of morpholine rings is 1. The summed E-state index contributed by atoms with van der Waals surface area (Å²) in [7, 11) is 0. The second-order valence-corrected chi connectivity index (χ2v) is 4.02. The number of carboxylic acid groups (broad SMARTS) is 1. The fourth-order valence-corrected chi connectivity index (χ4v) is 2.07. The highest BCUT2D eigenvalue weighted by Crippen LogP contribution is 2.28. The first-order valence-electron chi connectivity index (χ1n) is 5.32. The number of carbonyl (C=O) groups excluding carboxylic acids is 2. The monoisotopic (exact) mass is 227 g/mol. The van der Waals surface area contributed by atoms with Gasteiger partial charge in [-0.2, -0.15) is 0 Å². The molecule has 88 valence electrons. The second-order valence-electron chi connectivity index (χ2n) is 4.02. The Hall–Kier alpha value is -1.43. The summed E-state index contributed by atoms with van der Waals surface area (Å²) in [6.07, 6.45) is 0.453. The van der Waals surface area contributed by atoms with Gasteiger partial charge in [-0.3, -0.25) is 19.3 Å². The van der Waals surface area contributed by atoms with Gasteiger partial charge in [0.25, 0.3) is 11.8 Å². The van der Waals surface area contributed by atoms with Gasteiger partial charge in [-0.05, 0) is 19.3 Å². The molecule has 2 saturated heterocycles. The van der Waals surface area contributed by atoms with Crippen LogP contribution < -0.4 is 0 Å². The quantitative estimate of drug-likeness (QED) is 0.670. The molecule has 6 heteroatoms. The minimum atomic E-state index is -0.920. The van der Waals surface area contributed by atoms with E-state index in [0.29, 0.717) is 19.3 Å². The van der Waals surface area contributed by atoms with Crippen molar-refractivity contribution in [3.63, 3.8) is 0 Å². The summed E-state index contributed by atoms with van der Waals surface area (Å²) in [6.45, 7) is 0.181. The van der Waals surface area contributed by atoms with Crippen molar-refractivity contribution in [1.29, 1.82) is 0 Å². The predicted molar refractivity (Wildman–Crippen MR) is 51.5 cm³/mol. The van der Waals surface area contributed by atoms with E-state index in [1.54, 1.807) is 0 Å². The highest BCUT2D eigenvalue weighted by atomic mass is 16.5. The molecule has 0 aromatic carbocycles. The molecule has 2 aliphatic rings. The zero-order valence-corrected chi connectivity index (χ0v) is 8.72. The van der Waals surface area contributed by atoms with Crippen molar-refractivity contribution < 1.29 is 24.2 Å². The number of hydrogen-bond donors (Lipinski definition) is 1. The minimum absolute atomic E-state index is 0.0345. The van der Waals surface area contributed by atoms with Crippen LogP contribution in [0.5, 0.6) is 0 Å². The maximum absolute atomic E-state index is 11.7. The molecule has 0 spiro atoms. The lowest BCUT2D eigenvalue weighted by Gasteiger charge is -2.29. The van der Waals surface area contributed by atoms with Gasteiger partial charge < -0.3 is 9.84 Å². The van der Waals surface area contributed by atoms with E-state index in [1.807, 2.05) is 0 Å². The number of carbonyl (C=O) groups is 3. The van der Waals surface area contributed by atoms with Crippen LogP contribution in [-0.4, -0.2) is 46.5 Å². The maximum atomic E-state index is 11.7. The normalized spacial score (nSPS) is 28.6. The third-order valence-electron chi connectivity index (χ3n) is 2.87. The number of fused-ring (bicyclic) bond motifs is 2. The van der Waals surface area contributed by atoms with Gasteiger partial charge in [-0.25, -0.2) is 0 Å². The molecule has 2 heterocycles. The SMILES string of the molecule is O=C(O)CCCN1C(=O)C2CCC(O2)C1=O. The lowest BCUT2D eigenvalue weighted by Crippen LogP contribution is -2.51. The number of likely N-dealkylation sites (tertiary alicyclic amines) is 1. The highest BCUT2D eigenvalue weighted by Gasteiger charge is 2.45. The lowest BCUT2D eigenvalue weighted by molar-refractivity contribution is -0.168. The van der Waals surface area contributed by atoms with Crippen molar-refractivity contribution >= 4 is 17.8 Å². The van der Waals surface area contributed by atoms with E-state index in [9.17, 15) is 14.4 Å². The van der Waals surface area contributed by atoms with E-state index in [2.05, 4.69) is 0 Å². The summed E-state index contributed by atoms with van der Waals surface area (Å²) < 4.78 is 5.22. The fraction of sp³-hybridized carbons (Fsp3) is 0.700. The van der Waals surface area contributed by atoms with Crippen molar-refractivity contribution in [3.8, 4) is 0 Å². The van der Waals surface area contributed by atoms with Gasteiger partial charge in [0.1, 0.15) is 12.2 Å². The Morgan fingerprint density at radius 1 is 1.31 bits per heavy atom. The Morgan fingerprint density at radius 2 is 1.88 bits per heavy atom. The van der Waals surface area contributed by atoms with Crippen molar-refractivity contribution in [2.75, 3.05) is 6.54 Å². The first kappa shape index (κ1) is 11.1. The summed E-state index contributed by atoms with van der Waals surface area (Å²) in [5.41, 5.74) is 0. The smallest absolute Gasteiger partial charge is 0.303 e. The molecule has 0 saturated carbocycles. The first-order valence-corrected chi connectivity index (χ1v) is 5.32. The Kier molecular flexibility index (Phi) is 2.91. The molecule has 0 radical (unpaired) electrons. The second kappa shape index (κ2) is 4.21. The molecule has 2 aliphatic heterocycles. The molecule has 2 bridgehead atoms. The summed E-state index contributed by atoms with van der Waals surface area (Å²) in [4.78, 5) is 34.9. The third kappa shape index (κ3) is 1.92. The first-order chi connectivity index (χ1) is 7.59. The molecule has 1 N–H and O–H groups in total. The predicted octanol–water partition coefficient (Wildman–Crippen LogP) is -0.232. The standard InChI is InChI=1S/C10H13NO5/c12-8(13)2-1-5-11-9(14)6-3-4-7(16-6)10(11)15/h6-7H,1-5H2,(H,12,13). The molecule has 2 fully saturated rings. The van der Waals surface area contributed by atoms with Gasteiger partial charge in [-0.15, -0.1) is 0 Å². The topological polar surface area (TPSA) is 83.9 Å². The van der Waals surface area contributed by atoms with Crippen LogP contribution in [-0.2, 0) is 19.1 Å². The largest absolute Gasteiger partial charge is 0.481 e. The summed E-state index contributed by atoms with van der Waals surface area (Å²) in [5, 5.41) is 8.48. The van der Waals surface area contributed by atoms with E-state index in [-0.39, 0.29) is 24.8 Å². The van der Waals surface area contributed by atoms with Crippen molar-refractivity contribution in [1.82, 2.24) is 4.90 Å². The van der Waals surface area contributed by atoms with E-state index in [0.717, 1.165) is 4.90 Å². The van der Waals surface area contributed by atoms with E-state index in [1.165, 1.54) is 0 Å². The molecule has 2 atom stereocenters. The van der Waals surface area contributed by atoms with E-state index in [4.69, 9.17) is 9.84 Å². The molecule has 2 amide bonds. The number of hydrogen-bond acceptors (Lipinski definition) is 4. The minimum Gasteiger partial charge on any atom is -0.481 e. The molecule has 16 heavy (non-hydrogen) atoms. The van der Waals surface area contributed by atoms with Gasteiger partial charge in [0.15, 0.2) is 0 Å². The van der Waals surface area contributed by atoms with Crippen molar-refractivity contribution in [2.24, 2.45) is 0 Å². The van der Waals surface area contributed by atoms with Gasteiger partial charge >= 0.3 is 5.97 Å². The van der Waals surface area contributed by atoms with Crippen LogP contribution in [0.15, 0.2) is 0 Å². The Balaban J connectivity index is 1.95. The van der Waals surface area contributed by atoms with Crippen LogP contribution in [0.2, 0.25) is 0 Å². The van der Waals surface area contributed by atoms with Crippen LogP contribution in [0.3, 0.4) is 0 Å². The summed E-state index contributed by atoms with van der Waals surface area (Å²) >= 11 is 0. The maximum Gasteiger partial charge on any atom is 0.303 e. The van der Waals surface area contributed by atoms with Gasteiger partial charge in [0, 0.05) is 13.0 Å². The molecule has 0 aliphatic carbocycles. The van der Waals surface area contributed by atoms with Crippen molar-refractivity contribution in [3.05, 3.63) is 0 Å². The van der Waals surface area contributed by atoms with Crippen LogP contribution in [0, 0.1) is 0 Å². The van der Waals surface area contributed by atoms with Gasteiger partial charge in [0.05, 0.1) is 0 Å². The number of aliphatic carboxylic acids is 1. The lowest BCUT2D eigenvalue weighted by atomic mass is 10.2. The molecule has 6 nitrogen and oxygen atoms in total. The van der Waals surface area contributed by atoms with E-state index >= 15 is 0 Å². The molecule has 2 unspecified atom stereocenters. The van der Waals surface area contributed by atoms with Crippen LogP contribution in [0.25, 0.3) is 0 Å². The fourth-order valence-electron chi connectivity index (χ4n) is 2.07. The summed E-state index contributed by atoms with van der Waals surface area (Å²) in [6, 6.07) is 0. The van der Waals surface area contributed by atoms with Crippen LogP contribution in [0.1, 0.15) is 25.7 Å². The van der Waals surface area contributed by atoms with Gasteiger partial charge in [0.2, 0.25) is 0 Å². The number of ether oxygens (including phenoxy) is 1. The molecule has 2 rings (SSSR count). The Morgan fingerprint density at radius 3 is 2.38 bits per heavy atom. The molecular formula is C10H13NO5. The average Bonchev–Trinajstić information content (AvgIpc) is 2.67. The van der Waals surface area contributed by atoms with Crippen LogP contribution in [0.4, 0.5) is 0 Å². The average molecular weight is 227 g/mol. The van der Waals surface area contributed by atoms with Crippen LogP contribution >= 0.6 is 0 Å². The number of imide groups is 1. The zero-order valence-electron chi connectivity index (χ0n) is 8.72. The number of rotatable bonds is 4. The number of amides is 2. The third-order valence-corrected chi connectivity index (χ3v) is 2.87. The molecule has 0 aromatic heterocycles. The molecular weight excluding hydrogens is 214 g/mol. The Labute approximate surface area is 92.2 Å². The Bertz CT molecular complexity index is 318. The number of nitrogens with zero attached hydrogens (tertiary/aromatic N) is 1. The molecule has 0 aromatic rings. The zero-order chi connectivity index (χ0) is 11.7. The van der Waals surface area contributed by atoms with Gasteiger partial charge in [-0.1, -0.05) is 0 Å². The highest BCUT2D eigenvalue weighted by molar-refractivity contribution is 6.02. The summed E-state index contributed by atoms with van der Waals surface area (Å²) in [5.74, 6) is -1.55. The van der Waals surface area contributed by atoms with Crippen molar-refractivity contribution in [2.45, 2.75) is 37.9 Å². The number of carboxylic acids is 1.